The first-order chi connectivity index (χ1) is 9.15. The minimum atomic E-state index is -0.349. The summed E-state index contributed by atoms with van der Waals surface area (Å²) >= 11 is 0. The van der Waals surface area contributed by atoms with Gasteiger partial charge in [0.1, 0.15) is 0 Å². The van der Waals surface area contributed by atoms with Crippen LogP contribution >= 0.6 is 0 Å². The van der Waals surface area contributed by atoms with Crippen LogP contribution in [0.5, 0.6) is 0 Å². The van der Waals surface area contributed by atoms with Gasteiger partial charge in [0.05, 0.1) is 30.0 Å². The molecule has 0 amide bonds. The third-order valence-electron chi connectivity index (χ3n) is 3.66. The number of hydrogen-bond donors (Lipinski definition) is 0. The van der Waals surface area contributed by atoms with Gasteiger partial charge in [0.2, 0.25) is 0 Å². The average Bonchev–Trinajstić information content (AvgIpc) is 2.46. The number of esters is 1. The second-order valence-corrected chi connectivity index (χ2v) is 5.00. The van der Waals surface area contributed by atoms with E-state index in [1.807, 2.05) is 0 Å². The highest BCUT2D eigenvalue weighted by Crippen LogP contribution is 2.27. The fraction of sp³-hybridized carbons (Fsp3) is 0.467. The molecular weight excluding hydrogens is 240 g/mol. The van der Waals surface area contributed by atoms with Gasteiger partial charge in [0, 0.05) is 13.1 Å². The molecule has 1 fully saturated rings. The lowest BCUT2D eigenvalue weighted by molar-refractivity contribution is 0.0601. The maximum Gasteiger partial charge on any atom is 0.339 e. The lowest BCUT2D eigenvalue weighted by atomic mass is 9.97. The Morgan fingerprint density at radius 3 is 2.68 bits per heavy atom. The van der Waals surface area contributed by atoms with Gasteiger partial charge in [-0.15, -0.1) is 0 Å². The van der Waals surface area contributed by atoms with Crippen molar-refractivity contribution >= 4 is 11.7 Å². The first-order valence-corrected chi connectivity index (χ1v) is 6.53. The standard InChI is InChI=1S/C15H18N2O2/c1-11-5-7-17(8-6-11)14-9-12(10-16)3-4-13(14)15(18)19-2/h3-4,9,11H,5-8H2,1-2H3. The molecule has 1 aliphatic rings. The summed E-state index contributed by atoms with van der Waals surface area (Å²) < 4.78 is 4.81. The van der Waals surface area contributed by atoms with Crippen molar-refractivity contribution < 1.29 is 9.53 Å². The molecule has 1 aromatic rings. The number of carbonyl (C=O) groups excluding carboxylic acids is 1. The molecule has 100 valence electrons. The number of ether oxygens (including phenoxy) is 1. The Morgan fingerprint density at radius 2 is 2.11 bits per heavy atom. The molecule has 2 rings (SSSR count). The van der Waals surface area contributed by atoms with Crippen LogP contribution in [0, 0.1) is 17.2 Å². The molecule has 0 spiro atoms. The number of methoxy groups -OCH3 is 1. The number of piperidine rings is 1. The van der Waals surface area contributed by atoms with E-state index in [4.69, 9.17) is 10.00 Å². The highest BCUT2D eigenvalue weighted by Gasteiger charge is 2.21. The molecule has 0 saturated carbocycles. The van der Waals surface area contributed by atoms with E-state index in [0.29, 0.717) is 11.1 Å². The summed E-state index contributed by atoms with van der Waals surface area (Å²) in [4.78, 5) is 14.0. The van der Waals surface area contributed by atoms with Crippen LogP contribution in [-0.4, -0.2) is 26.2 Å². The van der Waals surface area contributed by atoms with Crippen LogP contribution in [0.15, 0.2) is 18.2 Å². The summed E-state index contributed by atoms with van der Waals surface area (Å²) in [6.45, 7) is 4.07. The number of hydrogen-bond acceptors (Lipinski definition) is 4. The van der Waals surface area contributed by atoms with E-state index in [1.165, 1.54) is 7.11 Å². The smallest absolute Gasteiger partial charge is 0.339 e. The summed E-state index contributed by atoms with van der Waals surface area (Å²) in [7, 11) is 1.38. The summed E-state index contributed by atoms with van der Waals surface area (Å²) in [5, 5.41) is 9.00. The largest absolute Gasteiger partial charge is 0.465 e. The topological polar surface area (TPSA) is 53.3 Å². The van der Waals surface area contributed by atoms with E-state index in [-0.39, 0.29) is 5.97 Å². The second-order valence-electron chi connectivity index (χ2n) is 5.00. The van der Waals surface area contributed by atoms with Crippen molar-refractivity contribution in [3.63, 3.8) is 0 Å². The van der Waals surface area contributed by atoms with E-state index >= 15 is 0 Å². The Bertz CT molecular complexity index is 511. The van der Waals surface area contributed by atoms with Crippen molar-refractivity contribution in [1.82, 2.24) is 0 Å². The van der Waals surface area contributed by atoms with Crippen molar-refractivity contribution in [1.29, 1.82) is 5.26 Å². The summed E-state index contributed by atoms with van der Waals surface area (Å²) in [5.41, 5.74) is 1.93. The van der Waals surface area contributed by atoms with Crippen molar-refractivity contribution in [3.05, 3.63) is 29.3 Å². The molecule has 0 bridgehead atoms. The van der Waals surface area contributed by atoms with Gasteiger partial charge in [-0.1, -0.05) is 6.92 Å². The molecular formula is C15H18N2O2. The predicted molar refractivity (Wildman–Crippen MR) is 73.1 cm³/mol. The first kappa shape index (κ1) is 13.4. The van der Waals surface area contributed by atoms with E-state index in [0.717, 1.165) is 37.5 Å². The summed E-state index contributed by atoms with van der Waals surface area (Å²) in [5.74, 6) is 0.370. The van der Waals surface area contributed by atoms with Crippen molar-refractivity contribution in [2.45, 2.75) is 19.8 Å². The lowest BCUT2D eigenvalue weighted by Crippen LogP contribution is -2.34. The van der Waals surface area contributed by atoms with Gasteiger partial charge >= 0.3 is 5.97 Å². The molecule has 1 aromatic carbocycles. The molecule has 0 aromatic heterocycles. The van der Waals surface area contributed by atoms with Gasteiger partial charge in [-0.05, 0) is 37.0 Å². The zero-order chi connectivity index (χ0) is 13.8. The summed E-state index contributed by atoms with van der Waals surface area (Å²) in [6, 6.07) is 7.23. The third kappa shape index (κ3) is 2.87. The van der Waals surface area contributed by atoms with Crippen molar-refractivity contribution in [2.75, 3.05) is 25.1 Å². The fourth-order valence-electron chi connectivity index (χ4n) is 2.39. The number of benzene rings is 1. The number of carbonyl (C=O) groups is 1. The molecule has 19 heavy (non-hydrogen) atoms. The quantitative estimate of drug-likeness (QED) is 0.765. The monoisotopic (exact) mass is 258 g/mol. The van der Waals surface area contributed by atoms with Crippen LogP contribution in [0.4, 0.5) is 5.69 Å². The molecule has 4 heteroatoms. The molecule has 1 heterocycles. The van der Waals surface area contributed by atoms with E-state index in [1.54, 1.807) is 18.2 Å². The Hall–Kier alpha value is -2.02. The van der Waals surface area contributed by atoms with Gasteiger partial charge in [0.15, 0.2) is 0 Å². The zero-order valence-corrected chi connectivity index (χ0v) is 11.3. The Labute approximate surface area is 113 Å². The third-order valence-corrected chi connectivity index (χ3v) is 3.66. The molecule has 0 unspecified atom stereocenters. The van der Waals surface area contributed by atoms with Gasteiger partial charge in [-0.2, -0.15) is 5.26 Å². The number of anilines is 1. The molecule has 1 saturated heterocycles. The normalized spacial score (nSPS) is 15.9. The van der Waals surface area contributed by atoms with Crippen LogP contribution in [-0.2, 0) is 4.74 Å². The van der Waals surface area contributed by atoms with E-state index in [9.17, 15) is 4.79 Å². The van der Waals surface area contributed by atoms with Crippen LogP contribution in [0.25, 0.3) is 0 Å². The Morgan fingerprint density at radius 1 is 1.42 bits per heavy atom. The van der Waals surface area contributed by atoms with Gasteiger partial charge in [-0.3, -0.25) is 0 Å². The SMILES string of the molecule is COC(=O)c1ccc(C#N)cc1N1CCC(C)CC1. The number of rotatable bonds is 2. The van der Waals surface area contributed by atoms with Crippen molar-refractivity contribution in [3.8, 4) is 6.07 Å². The Balaban J connectivity index is 2.35. The first-order valence-electron chi connectivity index (χ1n) is 6.53. The number of nitriles is 1. The van der Waals surface area contributed by atoms with E-state index < -0.39 is 0 Å². The Kier molecular flexibility index (Phi) is 4.06. The highest BCUT2D eigenvalue weighted by atomic mass is 16.5. The van der Waals surface area contributed by atoms with Crippen LogP contribution in [0.1, 0.15) is 35.7 Å². The van der Waals surface area contributed by atoms with Gasteiger partial charge in [0.25, 0.3) is 0 Å². The zero-order valence-electron chi connectivity index (χ0n) is 11.3. The molecule has 0 atom stereocenters. The maximum absolute atomic E-state index is 11.8. The average molecular weight is 258 g/mol. The molecule has 0 N–H and O–H groups in total. The van der Waals surface area contributed by atoms with Crippen LogP contribution < -0.4 is 4.90 Å². The van der Waals surface area contributed by atoms with Crippen LogP contribution in [0.2, 0.25) is 0 Å². The highest BCUT2D eigenvalue weighted by molar-refractivity contribution is 5.96. The minimum absolute atomic E-state index is 0.349. The van der Waals surface area contributed by atoms with Gasteiger partial charge < -0.3 is 9.64 Å². The molecule has 0 radical (unpaired) electrons. The lowest BCUT2D eigenvalue weighted by Gasteiger charge is -2.33. The van der Waals surface area contributed by atoms with Gasteiger partial charge in [-0.25, -0.2) is 4.79 Å². The van der Waals surface area contributed by atoms with Crippen molar-refractivity contribution in [2.24, 2.45) is 5.92 Å². The summed E-state index contributed by atoms with van der Waals surface area (Å²) in [6.07, 6.45) is 2.22. The fourth-order valence-corrected chi connectivity index (χ4v) is 2.39. The molecule has 1 aliphatic heterocycles. The maximum atomic E-state index is 11.8. The van der Waals surface area contributed by atoms with Crippen LogP contribution in [0.3, 0.4) is 0 Å². The van der Waals surface area contributed by atoms with E-state index in [2.05, 4.69) is 17.9 Å². The molecule has 4 nitrogen and oxygen atoms in total. The predicted octanol–water partition coefficient (Wildman–Crippen LogP) is 2.58. The molecule has 0 aliphatic carbocycles. The minimum Gasteiger partial charge on any atom is -0.465 e. The second kappa shape index (κ2) is 5.75. The number of nitrogens with zero attached hydrogens (tertiary/aromatic N) is 2.